The molecular formula is C9H18N2S. The fraction of sp³-hybridized carbons (Fsp3) is 1.00. The van der Waals surface area contributed by atoms with E-state index in [4.69, 9.17) is 5.14 Å². The Morgan fingerprint density at radius 3 is 2.33 bits per heavy atom. The number of hydrogen-bond acceptors (Lipinski definition) is 3. The molecule has 2 rings (SSSR count). The lowest BCUT2D eigenvalue weighted by atomic mass is 9.67. The van der Waals surface area contributed by atoms with E-state index in [1.807, 2.05) is 0 Å². The summed E-state index contributed by atoms with van der Waals surface area (Å²) in [6.45, 7) is 7.17. The van der Waals surface area contributed by atoms with Crippen LogP contribution in [0, 0.1) is 5.41 Å². The van der Waals surface area contributed by atoms with Gasteiger partial charge in [-0.1, -0.05) is 25.8 Å². The highest BCUT2D eigenvalue weighted by molar-refractivity contribution is 7.97. The van der Waals surface area contributed by atoms with Crippen LogP contribution in [0.1, 0.15) is 26.7 Å². The zero-order valence-corrected chi connectivity index (χ0v) is 8.73. The lowest BCUT2D eigenvalue weighted by molar-refractivity contribution is -0.00511. The van der Waals surface area contributed by atoms with E-state index >= 15 is 0 Å². The Kier molecular flexibility index (Phi) is 2.13. The Morgan fingerprint density at radius 1 is 1.33 bits per heavy atom. The molecule has 0 spiro atoms. The third-order valence-corrected chi connectivity index (χ3v) is 3.84. The van der Waals surface area contributed by atoms with Gasteiger partial charge in [-0.3, -0.25) is 10.0 Å². The van der Waals surface area contributed by atoms with E-state index in [-0.39, 0.29) is 0 Å². The first-order chi connectivity index (χ1) is 5.61. The van der Waals surface area contributed by atoms with Crippen LogP contribution in [0.15, 0.2) is 0 Å². The monoisotopic (exact) mass is 186 g/mol. The number of rotatable bonds is 2. The van der Waals surface area contributed by atoms with Crippen molar-refractivity contribution in [2.45, 2.75) is 38.0 Å². The van der Waals surface area contributed by atoms with Crippen molar-refractivity contribution in [1.82, 2.24) is 4.90 Å². The molecule has 1 heterocycles. The molecule has 2 aliphatic rings. The van der Waals surface area contributed by atoms with Crippen LogP contribution in [0.25, 0.3) is 0 Å². The van der Waals surface area contributed by atoms with Crippen molar-refractivity contribution in [2.24, 2.45) is 10.6 Å². The molecule has 1 saturated heterocycles. The zero-order valence-electron chi connectivity index (χ0n) is 7.92. The molecule has 0 bridgehead atoms. The van der Waals surface area contributed by atoms with Gasteiger partial charge in [0.2, 0.25) is 0 Å². The standard InChI is InChI=1S/C9H18N2S/c1-9(2)3-7(4-9)11-5-8(6-11)12-10/h7-8H,3-6,10H2,1-2H3. The molecule has 0 aromatic rings. The summed E-state index contributed by atoms with van der Waals surface area (Å²) >= 11 is 1.53. The lowest BCUT2D eigenvalue weighted by Gasteiger charge is -2.53. The molecule has 1 aliphatic carbocycles. The van der Waals surface area contributed by atoms with Gasteiger partial charge in [-0.25, -0.2) is 0 Å². The van der Waals surface area contributed by atoms with Crippen molar-refractivity contribution in [3.8, 4) is 0 Å². The first kappa shape index (κ1) is 8.85. The van der Waals surface area contributed by atoms with Gasteiger partial charge >= 0.3 is 0 Å². The second-order valence-electron chi connectivity index (χ2n) is 4.94. The molecule has 0 atom stereocenters. The van der Waals surface area contributed by atoms with Gasteiger partial charge in [-0.15, -0.1) is 0 Å². The van der Waals surface area contributed by atoms with E-state index in [2.05, 4.69) is 18.7 Å². The summed E-state index contributed by atoms with van der Waals surface area (Å²) in [7, 11) is 0. The predicted molar refractivity (Wildman–Crippen MR) is 53.9 cm³/mol. The van der Waals surface area contributed by atoms with Crippen molar-refractivity contribution in [3.63, 3.8) is 0 Å². The van der Waals surface area contributed by atoms with Crippen LogP contribution < -0.4 is 5.14 Å². The zero-order chi connectivity index (χ0) is 8.77. The highest BCUT2D eigenvalue weighted by Gasteiger charge is 2.43. The maximum atomic E-state index is 5.50. The Bertz CT molecular complexity index is 167. The van der Waals surface area contributed by atoms with E-state index in [1.165, 1.54) is 37.9 Å². The summed E-state index contributed by atoms with van der Waals surface area (Å²) in [6.07, 6.45) is 2.77. The Hall–Kier alpha value is 0.270. The molecule has 0 radical (unpaired) electrons. The summed E-state index contributed by atoms with van der Waals surface area (Å²) in [5.41, 5.74) is 0.617. The summed E-state index contributed by atoms with van der Waals surface area (Å²) in [4.78, 5) is 2.58. The highest BCUT2D eigenvalue weighted by atomic mass is 32.2. The van der Waals surface area contributed by atoms with Gasteiger partial charge in [0.05, 0.1) is 0 Å². The molecule has 12 heavy (non-hydrogen) atoms. The van der Waals surface area contributed by atoms with E-state index in [9.17, 15) is 0 Å². The van der Waals surface area contributed by atoms with Crippen molar-refractivity contribution in [3.05, 3.63) is 0 Å². The van der Waals surface area contributed by atoms with E-state index in [0.29, 0.717) is 10.7 Å². The normalized spacial score (nSPS) is 31.2. The van der Waals surface area contributed by atoms with Gasteiger partial charge in [0.25, 0.3) is 0 Å². The Labute approximate surface area is 79.0 Å². The van der Waals surface area contributed by atoms with E-state index < -0.39 is 0 Å². The smallest absolute Gasteiger partial charge is 0.0445 e. The summed E-state index contributed by atoms with van der Waals surface area (Å²) in [5.74, 6) is 0. The van der Waals surface area contributed by atoms with Gasteiger partial charge in [-0.05, 0) is 18.3 Å². The topological polar surface area (TPSA) is 29.3 Å². The second kappa shape index (κ2) is 2.89. The number of nitrogens with zero attached hydrogens (tertiary/aromatic N) is 1. The van der Waals surface area contributed by atoms with Gasteiger partial charge in [0, 0.05) is 24.4 Å². The molecule has 2 nitrogen and oxygen atoms in total. The molecule has 70 valence electrons. The van der Waals surface area contributed by atoms with Crippen LogP contribution in [0.2, 0.25) is 0 Å². The summed E-state index contributed by atoms with van der Waals surface area (Å²) < 4.78 is 0. The molecule has 2 fully saturated rings. The molecule has 1 saturated carbocycles. The molecular weight excluding hydrogens is 168 g/mol. The molecule has 0 amide bonds. The lowest BCUT2D eigenvalue weighted by Crippen LogP contribution is -2.59. The van der Waals surface area contributed by atoms with Gasteiger partial charge in [0.15, 0.2) is 0 Å². The summed E-state index contributed by atoms with van der Waals surface area (Å²) in [5, 5.41) is 6.22. The maximum absolute atomic E-state index is 5.50. The number of likely N-dealkylation sites (tertiary alicyclic amines) is 1. The average Bonchev–Trinajstić information content (AvgIpc) is 1.81. The van der Waals surface area contributed by atoms with Crippen LogP contribution in [-0.2, 0) is 0 Å². The Balaban J connectivity index is 1.71. The number of hydrogen-bond donors (Lipinski definition) is 1. The van der Waals surface area contributed by atoms with Gasteiger partial charge < -0.3 is 0 Å². The van der Waals surface area contributed by atoms with Crippen LogP contribution in [0.3, 0.4) is 0 Å². The molecule has 0 unspecified atom stereocenters. The van der Waals surface area contributed by atoms with Crippen LogP contribution in [0.4, 0.5) is 0 Å². The molecule has 2 N–H and O–H groups in total. The van der Waals surface area contributed by atoms with E-state index in [1.54, 1.807) is 0 Å². The van der Waals surface area contributed by atoms with Crippen LogP contribution in [0.5, 0.6) is 0 Å². The molecule has 0 aromatic heterocycles. The first-order valence-corrected chi connectivity index (χ1v) is 5.64. The van der Waals surface area contributed by atoms with Crippen molar-refractivity contribution < 1.29 is 0 Å². The van der Waals surface area contributed by atoms with Crippen molar-refractivity contribution in [1.29, 1.82) is 0 Å². The van der Waals surface area contributed by atoms with Crippen LogP contribution >= 0.6 is 11.9 Å². The number of nitrogens with two attached hydrogens (primary N) is 1. The van der Waals surface area contributed by atoms with Crippen molar-refractivity contribution in [2.75, 3.05) is 13.1 Å². The second-order valence-corrected chi connectivity index (χ2v) is 5.88. The largest absolute Gasteiger partial charge is 0.298 e. The van der Waals surface area contributed by atoms with Crippen molar-refractivity contribution >= 4 is 11.9 Å². The van der Waals surface area contributed by atoms with Gasteiger partial charge in [-0.2, -0.15) is 0 Å². The van der Waals surface area contributed by atoms with Gasteiger partial charge in [0.1, 0.15) is 0 Å². The maximum Gasteiger partial charge on any atom is 0.0445 e. The summed E-state index contributed by atoms with van der Waals surface area (Å²) in [6, 6.07) is 0.878. The molecule has 3 heteroatoms. The highest BCUT2D eigenvalue weighted by Crippen LogP contribution is 2.44. The van der Waals surface area contributed by atoms with E-state index in [0.717, 1.165) is 6.04 Å². The fourth-order valence-corrected chi connectivity index (χ4v) is 2.88. The molecule has 0 aromatic carbocycles. The third-order valence-electron chi connectivity index (χ3n) is 3.16. The first-order valence-electron chi connectivity index (χ1n) is 4.70. The fourth-order valence-electron chi connectivity index (χ4n) is 2.33. The minimum Gasteiger partial charge on any atom is -0.298 e. The quantitative estimate of drug-likeness (QED) is 0.662. The SMILES string of the molecule is CC1(C)CC(N2CC(SN)C2)C1. The van der Waals surface area contributed by atoms with Crippen LogP contribution in [-0.4, -0.2) is 29.3 Å². The Morgan fingerprint density at radius 2 is 1.92 bits per heavy atom. The predicted octanol–water partition coefficient (Wildman–Crippen LogP) is 1.47. The third kappa shape index (κ3) is 1.50. The minimum atomic E-state index is 0.617. The average molecular weight is 186 g/mol. The minimum absolute atomic E-state index is 0.617. The molecule has 1 aliphatic heterocycles.